The fraction of sp³-hybridized carbons (Fsp3) is 0.364. The molecule has 1 aromatic heterocycles. The molecule has 0 fully saturated rings. The molecule has 0 radical (unpaired) electrons. The third kappa shape index (κ3) is 5.63. The van der Waals surface area contributed by atoms with E-state index < -0.39 is 0 Å². The lowest BCUT2D eigenvalue weighted by atomic mass is 9.91. The van der Waals surface area contributed by atoms with E-state index in [0.717, 1.165) is 34.6 Å². The van der Waals surface area contributed by atoms with Gasteiger partial charge in [-0.05, 0) is 31.0 Å². The van der Waals surface area contributed by atoms with Crippen LogP contribution < -0.4 is 10.5 Å². The van der Waals surface area contributed by atoms with Crippen molar-refractivity contribution in [3.63, 3.8) is 0 Å². The van der Waals surface area contributed by atoms with Crippen LogP contribution in [-0.2, 0) is 22.5 Å². The Morgan fingerprint density at radius 2 is 2.03 bits per heavy atom. The number of benzene rings is 1. The molecule has 0 saturated heterocycles. The van der Waals surface area contributed by atoms with Crippen LogP contribution in [0.25, 0.3) is 11.1 Å². The van der Waals surface area contributed by atoms with Gasteiger partial charge in [-0.25, -0.2) is 9.78 Å². The summed E-state index contributed by atoms with van der Waals surface area (Å²) in [5.74, 6) is 0.986. The maximum absolute atomic E-state index is 12.2. The molecule has 9 nitrogen and oxygen atoms in total. The van der Waals surface area contributed by atoms with E-state index >= 15 is 0 Å². The minimum atomic E-state index is -0.363. The smallest absolute Gasteiger partial charge is 0.410 e. The first-order valence-corrected chi connectivity index (χ1v) is 9.94. The third-order valence-electron chi connectivity index (χ3n) is 4.63. The van der Waals surface area contributed by atoms with Crippen LogP contribution in [0, 0.1) is 11.3 Å². The van der Waals surface area contributed by atoms with E-state index in [4.69, 9.17) is 25.1 Å². The van der Waals surface area contributed by atoms with Crippen molar-refractivity contribution in [2.24, 2.45) is 0 Å². The van der Waals surface area contributed by atoms with Gasteiger partial charge in [-0.15, -0.1) is 0 Å². The first-order valence-electron chi connectivity index (χ1n) is 9.94. The Hall–Kier alpha value is -3.80. The van der Waals surface area contributed by atoms with Gasteiger partial charge in [-0.1, -0.05) is 19.1 Å². The number of ether oxygens (including phenoxy) is 2. The van der Waals surface area contributed by atoms with E-state index in [-0.39, 0.29) is 18.4 Å². The number of hydrogen-bond donors (Lipinski definition) is 2. The molecule has 0 unspecified atom stereocenters. The van der Waals surface area contributed by atoms with Crippen molar-refractivity contribution < 1.29 is 24.2 Å². The molecule has 0 aliphatic carbocycles. The van der Waals surface area contributed by atoms with E-state index in [2.05, 4.69) is 18.0 Å². The number of carbonyl (C=O) groups excluding carboxylic acids is 1. The van der Waals surface area contributed by atoms with Gasteiger partial charge in [-0.3, -0.25) is 4.79 Å². The molecule has 9 heteroatoms. The van der Waals surface area contributed by atoms with Crippen molar-refractivity contribution in [1.29, 1.82) is 5.26 Å². The van der Waals surface area contributed by atoms with Gasteiger partial charge in [0, 0.05) is 24.1 Å². The Labute approximate surface area is 181 Å². The van der Waals surface area contributed by atoms with Crippen molar-refractivity contribution in [2.45, 2.75) is 33.2 Å². The number of nitrogen functional groups attached to an aromatic ring is 1. The molecule has 3 N–H and O–H groups in total. The number of nitrogens with zero attached hydrogens (tertiary/aromatic N) is 3. The predicted octanol–water partition coefficient (Wildman–Crippen LogP) is 3.21. The van der Waals surface area contributed by atoms with Gasteiger partial charge < -0.3 is 25.2 Å². The second-order valence-electron chi connectivity index (χ2n) is 6.63. The molecule has 2 aromatic rings. The Bertz CT molecular complexity index is 954. The van der Waals surface area contributed by atoms with Crippen LogP contribution in [-0.4, -0.2) is 47.3 Å². The number of anilines is 1. The minimum absolute atomic E-state index is 0.215. The lowest BCUT2D eigenvalue weighted by Crippen LogP contribution is -2.37. The SMILES string of the molecule is CCCOc1ccc(-c2c(C#N)c(N)nc3c2CN(C(=O)OCC)CC3)cc1.O=CO. The topological polar surface area (TPSA) is 139 Å². The number of aromatic nitrogens is 1. The Morgan fingerprint density at radius 1 is 1.35 bits per heavy atom. The molecule has 1 aliphatic rings. The first kappa shape index (κ1) is 23.5. The highest BCUT2D eigenvalue weighted by molar-refractivity contribution is 5.80. The average Bonchev–Trinajstić information content (AvgIpc) is 2.77. The zero-order chi connectivity index (χ0) is 22.8. The first-order chi connectivity index (χ1) is 15.0. The van der Waals surface area contributed by atoms with Crippen LogP contribution in [0.1, 0.15) is 37.1 Å². The molecule has 31 heavy (non-hydrogen) atoms. The highest BCUT2D eigenvalue weighted by atomic mass is 16.6. The van der Waals surface area contributed by atoms with Crippen LogP contribution in [0.5, 0.6) is 5.75 Å². The van der Waals surface area contributed by atoms with Gasteiger partial charge in [0.2, 0.25) is 0 Å². The molecule has 1 amide bonds. The van der Waals surface area contributed by atoms with Crippen LogP contribution in [0.2, 0.25) is 0 Å². The second kappa shape index (κ2) is 11.4. The quantitative estimate of drug-likeness (QED) is 0.695. The summed E-state index contributed by atoms with van der Waals surface area (Å²) in [4.78, 5) is 26.6. The summed E-state index contributed by atoms with van der Waals surface area (Å²) in [5.41, 5.74) is 9.62. The van der Waals surface area contributed by atoms with Gasteiger partial charge in [0.15, 0.2) is 0 Å². The van der Waals surface area contributed by atoms with Crippen LogP contribution >= 0.6 is 0 Å². The molecule has 0 spiro atoms. The summed E-state index contributed by atoms with van der Waals surface area (Å²) >= 11 is 0. The number of fused-ring (bicyclic) bond motifs is 1. The summed E-state index contributed by atoms with van der Waals surface area (Å²) in [5, 5.41) is 16.6. The fourth-order valence-corrected chi connectivity index (χ4v) is 3.32. The molecule has 3 rings (SSSR count). The third-order valence-corrected chi connectivity index (χ3v) is 4.63. The molecule has 1 aliphatic heterocycles. The highest BCUT2D eigenvalue weighted by Gasteiger charge is 2.28. The van der Waals surface area contributed by atoms with Crippen molar-refractivity contribution in [1.82, 2.24) is 9.88 Å². The molecule has 0 bridgehead atoms. The molecular weight excluding hydrogens is 400 g/mol. The summed E-state index contributed by atoms with van der Waals surface area (Å²) in [7, 11) is 0. The normalized spacial score (nSPS) is 12.0. The molecule has 0 atom stereocenters. The highest BCUT2D eigenvalue weighted by Crippen LogP contribution is 2.36. The number of rotatable bonds is 5. The molecule has 2 heterocycles. The number of carboxylic acid groups (broad SMARTS) is 1. The van der Waals surface area contributed by atoms with Crippen molar-refractivity contribution in [3.8, 4) is 22.9 Å². The molecule has 164 valence electrons. The van der Waals surface area contributed by atoms with Gasteiger partial charge in [0.1, 0.15) is 23.2 Å². The van der Waals surface area contributed by atoms with Gasteiger partial charge in [-0.2, -0.15) is 5.26 Å². The zero-order valence-corrected chi connectivity index (χ0v) is 17.6. The van der Waals surface area contributed by atoms with Crippen molar-refractivity contribution in [3.05, 3.63) is 41.1 Å². The molecule has 0 saturated carbocycles. The van der Waals surface area contributed by atoms with Gasteiger partial charge in [0.05, 0.1) is 25.5 Å². The van der Waals surface area contributed by atoms with Crippen molar-refractivity contribution in [2.75, 3.05) is 25.5 Å². The number of carbonyl (C=O) groups is 2. The Kier molecular flexibility index (Phi) is 8.64. The fourth-order valence-electron chi connectivity index (χ4n) is 3.32. The van der Waals surface area contributed by atoms with Gasteiger partial charge >= 0.3 is 6.09 Å². The van der Waals surface area contributed by atoms with Crippen molar-refractivity contribution >= 4 is 18.4 Å². The number of nitrogens with two attached hydrogens (primary N) is 1. The number of hydrogen-bond acceptors (Lipinski definition) is 7. The van der Waals surface area contributed by atoms with E-state index in [1.807, 2.05) is 24.3 Å². The largest absolute Gasteiger partial charge is 0.494 e. The van der Waals surface area contributed by atoms with E-state index in [1.54, 1.807) is 11.8 Å². The number of nitriles is 1. The Morgan fingerprint density at radius 3 is 2.61 bits per heavy atom. The number of amides is 1. The van der Waals surface area contributed by atoms with Crippen LogP contribution in [0.15, 0.2) is 24.3 Å². The van der Waals surface area contributed by atoms with Crippen LogP contribution in [0.4, 0.5) is 10.6 Å². The lowest BCUT2D eigenvalue weighted by molar-refractivity contribution is -0.122. The van der Waals surface area contributed by atoms with Crippen LogP contribution in [0.3, 0.4) is 0 Å². The summed E-state index contributed by atoms with van der Waals surface area (Å²) in [6.07, 6.45) is 1.13. The summed E-state index contributed by atoms with van der Waals surface area (Å²) in [6.45, 7) is 5.38. The summed E-state index contributed by atoms with van der Waals surface area (Å²) in [6, 6.07) is 9.74. The lowest BCUT2D eigenvalue weighted by Gasteiger charge is -2.29. The summed E-state index contributed by atoms with van der Waals surface area (Å²) < 4.78 is 10.8. The molecular formula is C22H26N4O5. The molecule has 1 aromatic carbocycles. The monoisotopic (exact) mass is 426 g/mol. The van der Waals surface area contributed by atoms with E-state index in [1.165, 1.54) is 0 Å². The minimum Gasteiger partial charge on any atom is -0.494 e. The Balaban J connectivity index is 0.00000107. The predicted molar refractivity (Wildman–Crippen MR) is 114 cm³/mol. The van der Waals surface area contributed by atoms with Gasteiger partial charge in [0.25, 0.3) is 6.47 Å². The van der Waals surface area contributed by atoms with E-state index in [0.29, 0.717) is 38.3 Å². The standard InChI is InChI=1S/C21H24N4O3.CH2O2/c1-3-11-28-15-7-5-14(6-8-15)19-16(12-22)20(23)24-18-9-10-25(13-17(18)19)21(26)27-4-2;2-1-3/h5-8H,3-4,9-11,13H2,1-2H3,(H2,23,24);1H,(H,2,3). The maximum Gasteiger partial charge on any atom is 0.410 e. The average molecular weight is 426 g/mol. The maximum atomic E-state index is 12.2. The second-order valence-corrected chi connectivity index (χ2v) is 6.63. The number of pyridine rings is 1. The zero-order valence-electron chi connectivity index (χ0n) is 17.6. The van der Waals surface area contributed by atoms with E-state index in [9.17, 15) is 10.1 Å².